The number of rotatable bonds is 25. The molecule has 1 saturated heterocycles. The first kappa shape index (κ1) is 37.2. The normalized spacial score (nSPS) is 14.1. The van der Waals surface area contributed by atoms with Gasteiger partial charge in [-0.15, -0.1) is 0 Å². The largest absolute Gasteiger partial charge is 0.447 e. The number of amides is 3. The Balaban J connectivity index is 1.98. The minimum absolute atomic E-state index is 0.0393. The molecule has 1 aliphatic heterocycles. The highest BCUT2D eigenvalue weighted by Gasteiger charge is 2.23. The van der Waals surface area contributed by atoms with Crippen molar-refractivity contribution in [1.82, 2.24) is 15.1 Å². The lowest BCUT2D eigenvalue weighted by atomic mass is 10.0. The standard InChI is InChI=1S/C32H61N3O6/c1-4-5-6-7-8-9-10-11-12-13-14-15-16-17-18-19-22-33-31(37)40-27-30(39-3)28-41-32(38)35(29(2)36)26-25-34-23-20-21-24-34/h30H,4-28H2,1-3H3,(H,33,37). The van der Waals surface area contributed by atoms with E-state index < -0.39 is 18.3 Å². The van der Waals surface area contributed by atoms with Gasteiger partial charge in [-0.1, -0.05) is 103 Å². The van der Waals surface area contributed by atoms with Gasteiger partial charge in [-0.3, -0.25) is 4.79 Å². The molecule has 41 heavy (non-hydrogen) atoms. The average Bonchev–Trinajstić information content (AvgIpc) is 3.48. The van der Waals surface area contributed by atoms with Crippen LogP contribution in [0.3, 0.4) is 0 Å². The molecule has 0 radical (unpaired) electrons. The molecule has 1 rings (SSSR count). The summed E-state index contributed by atoms with van der Waals surface area (Å²) in [5, 5.41) is 2.77. The zero-order chi connectivity index (χ0) is 30.0. The van der Waals surface area contributed by atoms with Crippen LogP contribution in [0.5, 0.6) is 0 Å². The zero-order valence-corrected chi connectivity index (χ0v) is 26.6. The maximum atomic E-state index is 12.4. The number of carbonyl (C=O) groups excluding carboxylic acids is 3. The molecule has 1 heterocycles. The lowest BCUT2D eigenvalue weighted by Gasteiger charge is -2.23. The van der Waals surface area contributed by atoms with Crippen molar-refractivity contribution in [3.63, 3.8) is 0 Å². The molecule has 1 atom stereocenters. The lowest BCUT2D eigenvalue weighted by Crippen LogP contribution is -2.42. The summed E-state index contributed by atoms with van der Waals surface area (Å²) in [5.41, 5.74) is 0. The third kappa shape index (κ3) is 20.6. The molecule has 1 aliphatic rings. The van der Waals surface area contributed by atoms with Gasteiger partial charge in [-0.25, -0.2) is 14.5 Å². The van der Waals surface area contributed by atoms with Gasteiger partial charge in [-0.05, 0) is 32.4 Å². The van der Waals surface area contributed by atoms with E-state index in [0.29, 0.717) is 19.6 Å². The van der Waals surface area contributed by atoms with Crippen LogP contribution in [0.25, 0.3) is 0 Å². The molecular formula is C32H61N3O6. The molecule has 0 saturated carbocycles. The third-order valence-electron chi connectivity index (χ3n) is 7.87. The van der Waals surface area contributed by atoms with Crippen LogP contribution in [-0.2, 0) is 19.0 Å². The molecule has 1 N–H and O–H groups in total. The number of likely N-dealkylation sites (tertiary alicyclic amines) is 1. The van der Waals surface area contributed by atoms with Crippen molar-refractivity contribution >= 4 is 18.1 Å². The number of hydrogen-bond donors (Lipinski definition) is 1. The van der Waals surface area contributed by atoms with Crippen LogP contribution in [0.1, 0.15) is 129 Å². The average molecular weight is 584 g/mol. The van der Waals surface area contributed by atoms with Gasteiger partial charge < -0.3 is 24.4 Å². The number of ether oxygens (including phenoxy) is 3. The molecule has 0 aromatic rings. The van der Waals surface area contributed by atoms with Crippen LogP contribution in [0.4, 0.5) is 9.59 Å². The second-order valence-corrected chi connectivity index (χ2v) is 11.5. The van der Waals surface area contributed by atoms with Crippen molar-refractivity contribution in [1.29, 1.82) is 0 Å². The van der Waals surface area contributed by atoms with Crippen molar-refractivity contribution in [3.05, 3.63) is 0 Å². The number of carbonyl (C=O) groups is 3. The minimum atomic E-state index is -0.702. The molecule has 0 aromatic heterocycles. The van der Waals surface area contributed by atoms with E-state index >= 15 is 0 Å². The molecule has 3 amide bonds. The first-order valence-electron chi connectivity index (χ1n) is 16.6. The Morgan fingerprint density at radius 3 is 1.73 bits per heavy atom. The first-order valence-corrected chi connectivity index (χ1v) is 16.6. The molecular weight excluding hydrogens is 522 g/mol. The van der Waals surface area contributed by atoms with Crippen molar-refractivity contribution in [2.75, 3.05) is 53.0 Å². The molecule has 0 aromatic carbocycles. The van der Waals surface area contributed by atoms with E-state index in [2.05, 4.69) is 17.1 Å². The Hall–Kier alpha value is -1.87. The minimum Gasteiger partial charge on any atom is -0.447 e. The zero-order valence-electron chi connectivity index (χ0n) is 26.6. The summed E-state index contributed by atoms with van der Waals surface area (Å²) in [6.07, 6.45) is 21.5. The van der Waals surface area contributed by atoms with Crippen molar-refractivity contribution < 1.29 is 28.6 Å². The van der Waals surface area contributed by atoms with Gasteiger partial charge in [0.25, 0.3) is 0 Å². The predicted molar refractivity (Wildman–Crippen MR) is 164 cm³/mol. The number of nitrogens with one attached hydrogen (secondary N) is 1. The second-order valence-electron chi connectivity index (χ2n) is 11.5. The molecule has 0 bridgehead atoms. The summed E-state index contributed by atoms with van der Waals surface area (Å²) in [6.45, 7) is 6.98. The van der Waals surface area contributed by atoms with Gasteiger partial charge in [0.2, 0.25) is 5.91 Å². The molecule has 0 spiro atoms. The van der Waals surface area contributed by atoms with Crippen LogP contribution in [0.15, 0.2) is 0 Å². The number of imide groups is 1. The summed E-state index contributed by atoms with van der Waals surface area (Å²) < 4.78 is 15.8. The Kier molecular flexibility index (Phi) is 23.4. The summed E-state index contributed by atoms with van der Waals surface area (Å²) >= 11 is 0. The van der Waals surface area contributed by atoms with E-state index in [0.717, 1.165) is 43.7 Å². The fourth-order valence-electron chi connectivity index (χ4n) is 5.13. The smallest absolute Gasteiger partial charge is 0.416 e. The van der Waals surface area contributed by atoms with E-state index in [4.69, 9.17) is 14.2 Å². The summed E-state index contributed by atoms with van der Waals surface area (Å²) in [4.78, 5) is 39.7. The van der Waals surface area contributed by atoms with Crippen molar-refractivity contribution in [2.24, 2.45) is 0 Å². The fourth-order valence-corrected chi connectivity index (χ4v) is 5.13. The van der Waals surface area contributed by atoms with E-state index in [1.807, 2.05) is 0 Å². The lowest BCUT2D eigenvalue weighted by molar-refractivity contribution is -0.127. The van der Waals surface area contributed by atoms with Crippen molar-refractivity contribution in [2.45, 2.75) is 136 Å². The van der Waals surface area contributed by atoms with Crippen LogP contribution in [-0.4, -0.2) is 87.0 Å². The van der Waals surface area contributed by atoms with E-state index in [-0.39, 0.29) is 19.1 Å². The first-order chi connectivity index (χ1) is 20.0. The molecule has 240 valence electrons. The Morgan fingerprint density at radius 2 is 1.24 bits per heavy atom. The Labute approximate surface area is 250 Å². The van der Waals surface area contributed by atoms with Crippen LogP contribution in [0.2, 0.25) is 0 Å². The highest BCUT2D eigenvalue weighted by molar-refractivity contribution is 5.90. The fraction of sp³-hybridized carbons (Fsp3) is 0.906. The summed E-state index contributed by atoms with van der Waals surface area (Å²) in [6, 6.07) is 0. The van der Waals surface area contributed by atoms with Gasteiger partial charge >= 0.3 is 12.2 Å². The molecule has 1 fully saturated rings. The molecule has 1 unspecified atom stereocenters. The Bertz CT molecular complexity index is 672. The number of alkyl carbamates (subject to hydrolysis) is 1. The van der Waals surface area contributed by atoms with Gasteiger partial charge in [0.1, 0.15) is 19.3 Å². The Morgan fingerprint density at radius 1 is 0.756 bits per heavy atom. The van der Waals surface area contributed by atoms with Crippen LogP contribution >= 0.6 is 0 Å². The maximum absolute atomic E-state index is 12.4. The van der Waals surface area contributed by atoms with E-state index in [1.165, 1.54) is 104 Å². The maximum Gasteiger partial charge on any atom is 0.416 e. The van der Waals surface area contributed by atoms with Gasteiger partial charge in [0, 0.05) is 33.7 Å². The van der Waals surface area contributed by atoms with E-state index in [1.54, 1.807) is 0 Å². The monoisotopic (exact) mass is 583 g/mol. The topological polar surface area (TPSA) is 97.4 Å². The van der Waals surface area contributed by atoms with Gasteiger partial charge in [0.05, 0.1) is 0 Å². The number of unbranched alkanes of at least 4 members (excludes halogenated alkanes) is 15. The van der Waals surface area contributed by atoms with Crippen molar-refractivity contribution in [3.8, 4) is 0 Å². The predicted octanol–water partition coefficient (Wildman–Crippen LogP) is 7.07. The van der Waals surface area contributed by atoms with Crippen LogP contribution < -0.4 is 5.32 Å². The van der Waals surface area contributed by atoms with E-state index in [9.17, 15) is 14.4 Å². The molecule has 0 aliphatic carbocycles. The molecule has 9 nitrogen and oxygen atoms in total. The number of methoxy groups -OCH3 is 1. The number of nitrogens with zero attached hydrogens (tertiary/aromatic N) is 2. The second kappa shape index (κ2) is 25.8. The highest BCUT2D eigenvalue weighted by Crippen LogP contribution is 2.14. The SMILES string of the molecule is CCCCCCCCCCCCCCCCCCNC(=O)OCC(COC(=O)N(CCN1CCCC1)C(C)=O)OC. The van der Waals surface area contributed by atoms with Crippen LogP contribution in [0, 0.1) is 0 Å². The van der Waals surface area contributed by atoms with Gasteiger partial charge in [0.15, 0.2) is 0 Å². The number of hydrogen-bond acceptors (Lipinski definition) is 7. The van der Waals surface area contributed by atoms with Gasteiger partial charge in [-0.2, -0.15) is 0 Å². The molecule has 9 heteroatoms. The quantitative estimate of drug-likeness (QED) is 0.115. The third-order valence-corrected chi connectivity index (χ3v) is 7.87. The highest BCUT2D eigenvalue weighted by atomic mass is 16.6. The summed E-state index contributed by atoms with van der Waals surface area (Å²) in [5.74, 6) is -0.354. The summed E-state index contributed by atoms with van der Waals surface area (Å²) in [7, 11) is 1.46.